The Balaban J connectivity index is 1.84. The van der Waals surface area contributed by atoms with Crippen molar-refractivity contribution in [1.82, 2.24) is 15.1 Å². The number of halogens is 1. The number of rotatable bonds is 4. The van der Waals surface area contributed by atoms with Crippen LogP contribution in [0.3, 0.4) is 0 Å². The fraction of sp³-hybridized carbons (Fsp3) is 0.636. The summed E-state index contributed by atoms with van der Waals surface area (Å²) in [6.45, 7) is 0.720. The maximum Gasteiger partial charge on any atom is 0.220 e. The zero-order chi connectivity index (χ0) is 12.4. The van der Waals surface area contributed by atoms with Crippen LogP contribution in [0.15, 0.2) is 10.7 Å². The van der Waals surface area contributed by atoms with E-state index in [1.807, 2.05) is 13.2 Å². The van der Waals surface area contributed by atoms with Crippen LogP contribution >= 0.6 is 15.9 Å². The van der Waals surface area contributed by atoms with Crippen LogP contribution in [-0.2, 0) is 18.4 Å². The smallest absolute Gasteiger partial charge is 0.220 e. The zero-order valence-corrected chi connectivity index (χ0v) is 11.4. The maximum atomic E-state index is 11.1. The van der Waals surface area contributed by atoms with Gasteiger partial charge in [-0.25, -0.2) is 0 Å². The minimum absolute atomic E-state index is 0.0414. The van der Waals surface area contributed by atoms with Crippen molar-refractivity contribution in [3.63, 3.8) is 0 Å². The lowest BCUT2D eigenvalue weighted by molar-refractivity contribution is -0.121. The molecule has 0 bridgehead atoms. The standard InChI is InChI=1S/C11H17BrN4O/c1-16-6-9(12)10(15-16)5-14-8-3-2-7(4-8)11(13)17/h6-8,14H,2-5H2,1H3,(H2,13,17)/t7-,8+/m0/s1. The van der Waals surface area contributed by atoms with Gasteiger partial charge in [-0.3, -0.25) is 9.48 Å². The lowest BCUT2D eigenvalue weighted by Gasteiger charge is -2.11. The predicted molar refractivity (Wildman–Crippen MR) is 68.1 cm³/mol. The van der Waals surface area contributed by atoms with Gasteiger partial charge in [0.05, 0.1) is 10.2 Å². The van der Waals surface area contributed by atoms with Gasteiger partial charge < -0.3 is 11.1 Å². The summed E-state index contributed by atoms with van der Waals surface area (Å²) in [6.07, 6.45) is 4.69. The first-order valence-electron chi connectivity index (χ1n) is 5.77. The van der Waals surface area contributed by atoms with Gasteiger partial charge >= 0.3 is 0 Å². The van der Waals surface area contributed by atoms with E-state index in [4.69, 9.17) is 5.73 Å². The van der Waals surface area contributed by atoms with E-state index in [9.17, 15) is 4.79 Å². The quantitative estimate of drug-likeness (QED) is 0.869. The van der Waals surface area contributed by atoms with Crippen LogP contribution in [0.5, 0.6) is 0 Å². The van der Waals surface area contributed by atoms with E-state index in [2.05, 4.69) is 26.3 Å². The molecule has 1 aromatic heterocycles. The fourth-order valence-electron chi connectivity index (χ4n) is 2.29. The highest BCUT2D eigenvalue weighted by Gasteiger charge is 2.28. The second-order valence-corrected chi connectivity index (χ2v) is 5.44. The van der Waals surface area contributed by atoms with Crippen LogP contribution in [0, 0.1) is 5.92 Å². The van der Waals surface area contributed by atoms with Crippen molar-refractivity contribution in [1.29, 1.82) is 0 Å². The Kier molecular flexibility index (Phi) is 3.83. The predicted octanol–water partition coefficient (Wildman–Crippen LogP) is 0.926. The lowest BCUT2D eigenvalue weighted by atomic mass is 10.1. The molecule has 94 valence electrons. The summed E-state index contributed by atoms with van der Waals surface area (Å²) in [5.74, 6) is -0.131. The highest BCUT2D eigenvalue weighted by atomic mass is 79.9. The molecule has 1 aliphatic rings. The maximum absolute atomic E-state index is 11.1. The molecule has 0 unspecified atom stereocenters. The number of hydrogen-bond donors (Lipinski definition) is 2. The third kappa shape index (κ3) is 3.07. The Labute approximate surface area is 109 Å². The van der Waals surface area contributed by atoms with E-state index in [0.717, 1.165) is 36.0 Å². The Morgan fingerprint density at radius 3 is 3.00 bits per heavy atom. The van der Waals surface area contributed by atoms with Gasteiger partial charge in [-0.2, -0.15) is 5.10 Å². The van der Waals surface area contributed by atoms with Gasteiger partial charge in [0.2, 0.25) is 5.91 Å². The summed E-state index contributed by atoms with van der Waals surface area (Å²) in [6, 6.07) is 0.376. The molecule has 6 heteroatoms. The lowest BCUT2D eigenvalue weighted by Crippen LogP contribution is -2.28. The van der Waals surface area contributed by atoms with E-state index in [0.29, 0.717) is 6.04 Å². The van der Waals surface area contributed by atoms with Crippen LogP contribution in [0.25, 0.3) is 0 Å². The van der Waals surface area contributed by atoms with Crippen molar-refractivity contribution in [3.05, 3.63) is 16.4 Å². The average molecular weight is 301 g/mol. The number of nitrogens with two attached hydrogens (primary N) is 1. The number of amides is 1. The molecule has 2 atom stereocenters. The molecule has 1 aliphatic carbocycles. The van der Waals surface area contributed by atoms with E-state index >= 15 is 0 Å². The number of nitrogens with zero attached hydrogens (tertiary/aromatic N) is 2. The second-order valence-electron chi connectivity index (χ2n) is 4.59. The highest BCUT2D eigenvalue weighted by molar-refractivity contribution is 9.10. The van der Waals surface area contributed by atoms with Crippen molar-refractivity contribution < 1.29 is 4.79 Å². The van der Waals surface area contributed by atoms with E-state index in [1.165, 1.54) is 0 Å². The van der Waals surface area contributed by atoms with Gasteiger partial charge in [0, 0.05) is 31.7 Å². The molecule has 0 radical (unpaired) electrons. The van der Waals surface area contributed by atoms with Gasteiger partial charge in [0.25, 0.3) is 0 Å². The molecule has 1 saturated carbocycles. The molecular formula is C11H17BrN4O. The van der Waals surface area contributed by atoms with Crippen molar-refractivity contribution in [2.24, 2.45) is 18.7 Å². The minimum Gasteiger partial charge on any atom is -0.369 e. The first-order chi connectivity index (χ1) is 8.06. The molecule has 0 aliphatic heterocycles. The average Bonchev–Trinajstić information content (AvgIpc) is 2.82. The zero-order valence-electron chi connectivity index (χ0n) is 9.82. The molecule has 1 amide bonds. The van der Waals surface area contributed by atoms with Crippen LogP contribution in [0.4, 0.5) is 0 Å². The molecule has 5 nitrogen and oxygen atoms in total. The Morgan fingerprint density at radius 1 is 1.71 bits per heavy atom. The monoisotopic (exact) mass is 300 g/mol. The van der Waals surface area contributed by atoms with Crippen molar-refractivity contribution in [3.8, 4) is 0 Å². The van der Waals surface area contributed by atoms with Gasteiger partial charge in [-0.1, -0.05) is 0 Å². The number of carbonyl (C=O) groups excluding carboxylic acids is 1. The van der Waals surface area contributed by atoms with Crippen molar-refractivity contribution in [2.75, 3.05) is 0 Å². The SMILES string of the molecule is Cn1cc(Br)c(CN[C@@H]2CC[C@H](C(N)=O)C2)n1. The third-order valence-corrected chi connectivity index (χ3v) is 3.91. The summed E-state index contributed by atoms with van der Waals surface area (Å²) in [5, 5.41) is 7.76. The summed E-state index contributed by atoms with van der Waals surface area (Å²) in [4.78, 5) is 11.1. The number of carbonyl (C=O) groups is 1. The first kappa shape index (κ1) is 12.6. The molecule has 1 aromatic rings. The molecule has 1 fully saturated rings. The van der Waals surface area contributed by atoms with Crippen LogP contribution in [0.1, 0.15) is 25.0 Å². The number of nitrogens with one attached hydrogen (secondary N) is 1. The highest BCUT2D eigenvalue weighted by Crippen LogP contribution is 2.25. The molecular weight excluding hydrogens is 284 g/mol. The van der Waals surface area contributed by atoms with Gasteiger partial charge in [0.15, 0.2) is 0 Å². The fourth-order valence-corrected chi connectivity index (χ4v) is 2.81. The molecule has 0 spiro atoms. The third-order valence-electron chi connectivity index (χ3n) is 3.25. The molecule has 0 saturated heterocycles. The molecule has 0 aromatic carbocycles. The van der Waals surface area contributed by atoms with Gasteiger partial charge in [-0.15, -0.1) is 0 Å². The number of hydrogen-bond acceptors (Lipinski definition) is 3. The van der Waals surface area contributed by atoms with E-state index < -0.39 is 0 Å². The Morgan fingerprint density at radius 2 is 2.47 bits per heavy atom. The van der Waals surface area contributed by atoms with E-state index in [-0.39, 0.29) is 11.8 Å². The largest absolute Gasteiger partial charge is 0.369 e. The molecule has 1 heterocycles. The number of aryl methyl sites for hydroxylation is 1. The van der Waals surface area contributed by atoms with Crippen molar-refractivity contribution >= 4 is 21.8 Å². The summed E-state index contributed by atoms with van der Waals surface area (Å²) >= 11 is 3.46. The molecule has 2 rings (SSSR count). The van der Waals surface area contributed by atoms with Gasteiger partial charge in [-0.05, 0) is 35.2 Å². The normalized spacial score (nSPS) is 24.1. The summed E-state index contributed by atoms with van der Waals surface area (Å²) in [7, 11) is 1.90. The Hall–Kier alpha value is -0.880. The molecule has 17 heavy (non-hydrogen) atoms. The van der Waals surface area contributed by atoms with Gasteiger partial charge in [0.1, 0.15) is 0 Å². The van der Waals surface area contributed by atoms with Crippen LogP contribution in [0.2, 0.25) is 0 Å². The topological polar surface area (TPSA) is 72.9 Å². The Bertz CT molecular complexity index is 418. The number of aromatic nitrogens is 2. The van der Waals surface area contributed by atoms with Crippen LogP contribution in [-0.4, -0.2) is 21.7 Å². The minimum atomic E-state index is -0.173. The van der Waals surface area contributed by atoms with E-state index in [1.54, 1.807) is 4.68 Å². The van der Waals surface area contributed by atoms with Crippen LogP contribution < -0.4 is 11.1 Å². The molecule has 3 N–H and O–H groups in total. The number of primary amides is 1. The van der Waals surface area contributed by atoms with Crippen molar-refractivity contribution in [2.45, 2.75) is 31.8 Å². The summed E-state index contributed by atoms with van der Waals surface area (Å²) < 4.78 is 2.79. The second kappa shape index (κ2) is 5.18. The first-order valence-corrected chi connectivity index (χ1v) is 6.56. The summed E-state index contributed by atoms with van der Waals surface area (Å²) in [5.41, 5.74) is 6.30.